The molecular formula is C13H15ClF3N5O2S. The number of sulfone groups is 1. The molecule has 138 valence electrons. The fourth-order valence-corrected chi connectivity index (χ4v) is 3.95. The number of hydrogen-bond acceptors (Lipinski definition) is 6. The Kier molecular flexibility index (Phi) is 5.28. The van der Waals surface area contributed by atoms with Gasteiger partial charge in [0.15, 0.2) is 9.84 Å². The first kappa shape index (κ1) is 19.4. The predicted molar refractivity (Wildman–Crippen MR) is 85.4 cm³/mol. The van der Waals surface area contributed by atoms with Crippen molar-refractivity contribution >= 4 is 32.9 Å². The molecule has 7 nitrogen and oxygen atoms in total. The van der Waals surface area contributed by atoms with Gasteiger partial charge in [-0.1, -0.05) is 13.8 Å². The summed E-state index contributed by atoms with van der Waals surface area (Å²) >= 11 is 5.57. The highest BCUT2D eigenvalue weighted by atomic mass is 35.5. The Labute approximate surface area is 147 Å². The fraction of sp³-hybridized carbons (Fsp3) is 0.462. The maximum absolute atomic E-state index is 13.1. The Morgan fingerprint density at radius 2 is 2.00 bits per heavy atom. The molecule has 0 aliphatic carbocycles. The normalized spacial score (nSPS) is 12.6. The van der Waals surface area contributed by atoms with E-state index in [1.165, 1.54) is 17.9 Å². The molecule has 0 fully saturated rings. The van der Waals surface area contributed by atoms with Crippen LogP contribution in [0.15, 0.2) is 17.4 Å². The second-order valence-corrected chi connectivity index (χ2v) is 8.01. The van der Waals surface area contributed by atoms with Crippen molar-refractivity contribution in [2.75, 3.05) is 11.1 Å². The van der Waals surface area contributed by atoms with Crippen molar-refractivity contribution in [1.82, 2.24) is 19.7 Å². The molecule has 0 atom stereocenters. The van der Waals surface area contributed by atoms with Gasteiger partial charge in [0, 0.05) is 19.4 Å². The molecule has 0 unspecified atom stereocenters. The van der Waals surface area contributed by atoms with Crippen LogP contribution in [-0.2, 0) is 23.1 Å². The maximum atomic E-state index is 13.1. The Balaban J connectivity index is 2.52. The summed E-state index contributed by atoms with van der Waals surface area (Å²) in [5, 5.41) is 5.46. The van der Waals surface area contributed by atoms with E-state index in [1.807, 2.05) is 0 Å². The molecule has 0 aliphatic rings. The first-order valence-electron chi connectivity index (χ1n) is 7.03. The maximum Gasteiger partial charge on any atom is 0.421 e. The molecule has 1 N–H and O–H groups in total. The molecule has 2 rings (SSSR count). The van der Waals surface area contributed by atoms with Gasteiger partial charge in [0.25, 0.3) is 0 Å². The van der Waals surface area contributed by atoms with E-state index < -0.39 is 32.7 Å². The molecule has 0 amide bonds. The average molecular weight is 398 g/mol. The van der Waals surface area contributed by atoms with Crippen LogP contribution in [0.2, 0.25) is 5.28 Å². The van der Waals surface area contributed by atoms with Gasteiger partial charge >= 0.3 is 6.18 Å². The zero-order chi connectivity index (χ0) is 19.0. The van der Waals surface area contributed by atoms with Gasteiger partial charge in [-0.05, 0) is 17.5 Å². The van der Waals surface area contributed by atoms with Gasteiger partial charge < -0.3 is 5.32 Å². The summed E-state index contributed by atoms with van der Waals surface area (Å²) in [6.07, 6.45) is -2.97. The number of hydrogen-bond donors (Lipinski definition) is 1. The molecule has 2 aromatic rings. The molecule has 0 saturated carbocycles. The quantitative estimate of drug-likeness (QED) is 0.780. The van der Waals surface area contributed by atoms with Crippen molar-refractivity contribution < 1.29 is 21.6 Å². The Bertz CT molecular complexity index is 880. The Morgan fingerprint density at radius 1 is 1.36 bits per heavy atom. The minimum atomic E-state index is -4.74. The molecule has 2 heterocycles. The lowest BCUT2D eigenvalue weighted by atomic mass is 10.3. The zero-order valence-corrected chi connectivity index (χ0v) is 15.0. The second kappa shape index (κ2) is 6.79. The zero-order valence-electron chi connectivity index (χ0n) is 13.5. The fourth-order valence-electron chi connectivity index (χ4n) is 2.09. The number of aromatic nitrogens is 4. The third kappa shape index (κ3) is 4.60. The molecule has 0 bridgehead atoms. The third-order valence-corrected chi connectivity index (χ3v) is 5.14. The van der Waals surface area contributed by atoms with Gasteiger partial charge in [0.1, 0.15) is 11.4 Å². The summed E-state index contributed by atoms with van der Waals surface area (Å²) in [4.78, 5) is 6.84. The summed E-state index contributed by atoms with van der Waals surface area (Å²) in [5.41, 5.74) is -1.30. The number of anilines is 2. The predicted octanol–water partition coefficient (Wildman–Crippen LogP) is 3.06. The van der Waals surface area contributed by atoms with Crippen LogP contribution in [0.3, 0.4) is 0 Å². The molecule has 25 heavy (non-hydrogen) atoms. The molecular weight excluding hydrogens is 383 g/mol. The highest BCUT2D eigenvalue weighted by Crippen LogP contribution is 2.36. The van der Waals surface area contributed by atoms with Crippen molar-refractivity contribution in [3.63, 3.8) is 0 Å². The van der Waals surface area contributed by atoms with E-state index in [2.05, 4.69) is 20.4 Å². The van der Waals surface area contributed by atoms with Gasteiger partial charge in [-0.25, -0.2) is 13.4 Å². The highest BCUT2D eigenvalue weighted by molar-refractivity contribution is 7.91. The standard InChI is InChI=1S/C13H15ClF3N5O2S/c1-7(2)6-25(23,24)11-9(5-22(3)21-11)19-10-8(13(15,16)17)4-18-12(14)20-10/h4-5,7H,6H2,1-3H3,(H,18,19,20). The Morgan fingerprint density at radius 3 is 2.56 bits per heavy atom. The molecule has 12 heteroatoms. The third-order valence-electron chi connectivity index (χ3n) is 2.96. The molecule has 0 aromatic carbocycles. The second-order valence-electron chi connectivity index (χ2n) is 5.72. The largest absolute Gasteiger partial charge is 0.421 e. The number of rotatable bonds is 5. The number of nitrogens with one attached hydrogen (secondary N) is 1. The average Bonchev–Trinajstić information content (AvgIpc) is 2.77. The van der Waals surface area contributed by atoms with Crippen LogP contribution in [0.4, 0.5) is 24.7 Å². The highest BCUT2D eigenvalue weighted by Gasteiger charge is 2.36. The van der Waals surface area contributed by atoms with Crippen LogP contribution < -0.4 is 5.32 Å². The Hall–Kier alpha value is -1.88. The summed E-state index contributed by atoms with van der Waals surface area (Å²) in [5.74, 6) is -1.03. The van der Waals surface area contributed by atoms with E-state index in [-0.39, 0.29) is 22.4 Å². The van der Waals surface area contributed by atoms with E-state index in [0.29, 0.717) is 6.20 Å². The van der Waals surface area contributed by atoms with Crippen LogP contribution in [0.5, 0.6) is 0 Å². The van der Waals surface area contributed by atoms with Crippen LogP contribution >= 0.6 is 11.6 Å². The lowest BCUT2D eigenvalue weighted by Gasteiger charge is -2.13. The van der Waals surface area contributed by atoms with E-state index >= 15 is 0 Å². The monoisotopic (exact) mass is 397 g/mol. The molecule has 0 saturated heterocycles. The van der Waals surface area contributed by atoms with E-state index in [1.54, 1.807) is 13.8 Å². The van der Waals surface area contributed by atoms with E-state index in [0.717, 1.165) is 0 Å². The first-order valence-corrected chi connectivity index (χ1v) is 9.06. The molecule has 0 aliphatic heterocycles. The van der Waals surface area contributed by atoms with Gasteiger partial charge in [0.05, 0.1) is 11.4 Å². The van der Waals surface area contributed by atoms with Crippen LogP contribution in [-0.4, -0.2) is 33.9 Å². The SMILES string of the molecule is CC(C)CS(=O)(=O)c1nn(C)cc1Nc1nc(Cl)ncc1C(F)(F)F. The van der Waals surface area contributed by atoms with Crippen LogP contribution in [0.1, 0.15) is 19.4 Å². The minimum absolute atomic E-state index is 0.122. The van der Waals surface area contributed by atoms with E-state index in [9.17, 15) is 21.6 Å². The number of aryl methyl sites for hydroxylation is 1. The smallest absolute Gasteiger partial charge is 0.336 e. The van der Waals surface area contributed by atoms with Crippen molar-refractivity contribution in [3.05, 3.63) is 23.2 Å². The van der Waals surface area contributed by atoms with Gasteiger partial charge in [0.2, 0.25) is 10.3 Å². The first-order chi connectivity index (χ1) is 11.4. The summed E-state index contributed by atoms with van der Waals surface area (Å²) < 4.78 is 65.3. The molecule has 2 aromatic heterocycles. The summed E-state index contributed by atoms with van der Waals surface area (Å²) in [7, 11) is -2.34. The lowest BCUT2D eigenvalue weighted by molar-refractivity contribution is -0.137. The van der Waals surface area contributed by atoms with Crippen LogP contribution in [0, 0.1) is 5.92 Å². The lowest BCUT2D eigenvalue weighted by Crippen LogP contribution is -2.15. The topological polar surface area (TPSA) is 89.8 Å². The molecule has 0 spiro atoms. The van der Waals surface area contributed by atoms with Gasteiger partial charge in [-0.15, -0.1) is 0 Å². The van der Waals surface area contributed by atoms with Gasteiger partial charge in [-0.2, -0.15) is 23.3 Å². The van der Waals surface area contributed by atoms with Crippen LogP contribution in [0.25, 0.3) is 0 Å². The minimum Gasteiger partial charge on any atom is -0.336 e. The summed E-state index contributed by atoms with van der Waals surface area (Å²) in [6.45, 7) is 3.42. The van der Waals surface area contributed by atoms with Crippen molar-refractivity contribution in [2.45, 2.75) is 25.0 Å². The molecule has 0 radical (unpaired) electrons. The van der Waals surface area contributed by atoms with Crippen molar-refractivity contribution in [1.29, 1.82) is 0 Å². The van der Waals surface area contributed by atoms with Crippen molar-refractivity contribution in [3.8, 4) is 0 Å². The number of nitrogens with zero attached hydrogens (tertiary/aromatic N) is 4. The number of alkyl halides is 3. The number of halogens is 4. The summed E-state index contributed by atoms with van der Waals surface area (Å²) in [6, 6.07) is 0. The van der Waals surface area contributed by atoms with Crippen molar-refractivity contribution in [2.24, 2.45) is 13.0 Å². The van der Waals surface area contributed by atoms with E-state index in [4.69, 9.17) is 11.6 Å². The van der Waals surface area contributed by atoms with Gasteiger partial charge in [-0.3, -0.25) is 4.68 Å².